The van der Waals surface area contributed by atoms with Crippen molar-refractivity contribution in [3.63, 3.8) is 0 Å². The second-order valence-electron chi connectivity index (χ2n) is 8.53. The van der Waals surface area contributed by atoms with Crippen molar-refractivity contribution in [2.45, 2.75) is 6.92 Å². The molecule has 2 aromatic carbocycles. The molecular weight excluding hydrogens is 506 g/mol. The zero-order valence-electron chi connectivity index (χ0n) is 21.1. The molecule has 0 bridgehead atoms. The van der Waals surface area contributed by atoms with Gasteiger partial charge in [0.1, 0.15) is 5.02 Å². The van der Waals surface area contributed by atoms with Gasteiger partial charge in [-0.1, -0.05) is 24.2 Å². The summed E-state index contributed by atoms with van der Waals surface area (Å²) in [6, 6.07) is 15.2. The summed E-state index contributed by atoms with van der Waals surface area (Å²) < 4.78 is 5.04. The molecule has 1 saturated heterocycles. The van der Waals surface area contributed by atoms with Crippen molar-refractivity contribution in [2.24, 2.45) is 0 Å². The molecule has 0 aliphatic carbocycles. The highest BCUT2D eigenvalue weighted by molar-refractivity contribution is 6.32. The number of piperazine rings is 1. The third-order valence-electron chi connectivity index (χ3n) is 5.84. The molecule has 3 aromatic rings. The maximum atomic E-state index is 11.7. The predicted molar refractivity (Wildman–Crippen MR) is 151 cm³/mol. The topological polar surface area (TPSA) is 112 Å². The standard InChI is InChI=1S/C27H30ClN7O3/c1-3-24(36)30-20-6-5-7-21(16-20)31-26-23(28)17-29-27(33-26)32-19-8-10-22(11-9-19)35-14-12-34(13-15-35)18-25(37)38-4-2/h3,5-11,16-17H,1,4,12-15,18H2,2H3,(H,30,36)(H2,29,31,32,33). The van der Waals surface area contributed by atoms with E-state index in [-0.39, 0.29) is 11.9 Å². The molecule has 10 nitrogen and oxygen atoms in total. The van der Waals surface area contributed by atoms with Gasteiger partial charge in [0.05, 0.1) is 19.3 Å². The van der Waals surface area contributed by atoms with Crippen LogP contribution in [0.3, 0.4) is 0 Å². The fourth-order valence-corrected chi connectivity index (χ4v) is 4.10. The fraction of sp³-hybridized carbons (Fsp3) is 0.259. The number of ether oxygens (including phenoxy) is 1. The van der Waals surface area contributed by atoms with Crippen molar-refractivity contribution >= 4 is 58.0 Å². The first-order valence-corrected chi connectivity index (χ1v) is 12.6. The highest BCUT2D eigenvalue weighted by Gasteiger charge is 2.19. The van der Waals surface area contributed by atoms with E-state index in [2.05, 4.69) is 42.3 Å². The van der Waals surface area contributed by atoms with E-state index in [0.717, 1.165) is 37.6 Å². The van der Waals surface area contributed by atoms with Gasteiger partial charge in [0, 0.05) is 48.9 Å². The van der Waals surface area contributed by atoms with Crippen LogP contribution in [-0.4, -0.2) is 66.1 Å². The summed E-state index contributed by atoms with van der Waals surface area (Å²) in [5.74, 6) is 0.336. The minimum absolute atomic E-state index is 0.176. The summed E-state index contributed by atoms with van der Waals surface area (Å²) in [5.41, 5.74) is 3.25. The zero-order chi connectivity index (χ0) is 26.9. The van der Waals surface area contributed by atoms with E-state index < -0.39 is 0 Å². The first-order valence-electron chi connectivity index (χ1n) is 12.3. The van der Waals surface area contributed by atoms with Gasteiger partial charge >= 0.3 is 5.97 Å². The summed E-state index contributed by atoms with van der Waals surface area (Å²) in [7, 11) is 0. The van der Waals surface area contributed by atoms with Crippen molar-refractivity contribution in [1.29, 1.82) is 0 Å². The average Bonchev–Trinajstić information content (AvgIpc) is 2.92. The van der Waals surface area contributed by atoms with Crippen molar-refractivity contribution in [3.05, 3.63) is 72.4 Å². The Hall–Kier alpha value is -4.15. The molecule has 4 rings (SSSR count). The summed E-state index contributed by atoms with van der Waals surface area (Å²) in [5, 5.41) is 9.45. The molecule has 0 atom stereocenters. The third kappa shape index (κ3) is 7.44. The van der Waals surface area contributed by atoms with Gasteiger partial charge in [0.15, 0.2) is 5.82 Å². The molecule has 0 radical (unpaired) electrons. The normalized spacial score (nSPS) is 13.5. The number of esters is 1. The van der Waals surface area contributed by atoms with Crippen LogP contribution in [0.4, 0.5) is 34.5 Å². The Bertz CT molecular complexity index is 1280. The highest BCUT2D eigenvalue weighted by Crippen LogP contribution is 2.27. The number of amides is 1. The van der Waals surface area contributed by atoms with E-state index in [1.807, 2.05) is 37.3 Å². The van der Waals surface area contributed by atoms with E-state index in [4.69, 9.17) is 16.3 Å². The largest absolute Gasteiger partial charge is 0.465 e. The van der Waals surface area contributed by atoms with Crippen molar-refractivity contribution in [3.8, 4) is 0 Å². The number of rotatable bonds is 10. The Labute approximate surface area is 226 Å². The lowest BCUT2D eigenvalue weighted by molar-refractivity contribution is -0.144. The Morgan fingerprint density at radius 2 is 1.79 bits per heavy atom. The quantitative estimate of drug-likeness (QED) is 0.256. The van der Waals surface area contributed by atoms with Crippen LogP contribution in [0.2, 0.25) is 5.02 Å². The molecule has 38 heavy (non-hydrogen) atoms. The number of hydrogen-bond acceptors (Lipinski definition) is 9. The van der Waals surface area contributed by atoms with Gasteiger partial charge in [0.25, 0.3) is 0 Å². The molecule has 0 spiro atoms. The lowest BCUT2D eigenvalue weighted by Crippen LogP contribution is -2.48. The van der Waals surface area contributed by atoms with E-state index in [0.29, 0.717) is 41.3 Å². The molecule has 0 saturated carbocycles. The van der Waals surface area contributed by atoms with Gasteiger partial charge in [-0.05, 0) is 55.5 Å². The van der Waals surface area contributed by atoms with E-state index in [1.54, 1.807) is 18.2 Å². The van der Waals surface area contributed by atoms with Gasteiger partial charge < -0.3 is 25.6 Å². The lowest BCUT2D eigenvalue weighted by atomic mass is 10.2. The molecule has 1 aliphatic rings. The summed E-state index contributed by atoms with van der Waals surface area (Å²) >= 11 is 6.32. The van der Waals surface area contributed by atoms with Gasteiger partial charge in [-0.25, -0.2) is 4.98 Å². The number of nitrogens with zero attached hydrogens (tertiary/aromatic N) is 4. The van der Waals surface area contributed by atoms with E-state index >= 15 is 0 Å². The van der Waals surface area contributed by atoms with Crippen LogP contribution in [0, 0.1) is 0 Å². The van der Waals surface area contributed by atoms with Gasteiger partial charge in [-0.2, -0.15) is 4.98 Å². The summed E-state index contributed by atoms with van der Waals surface area (Å²) in [6.07, 6.45) is 2.73. The monoisotopic (exact) mass is 535 g/mol. The lowest BCUT2D eigenvalue weighted by Gasteiger charge is -2.35. The molecule has 0 unspecified atom stereocenters. The van der Waals surface area contributed by atoms with E-state index in [9.17, 15) is 9.59 Å². The number of anilines is 6. The number of halogens is 1. The summed E-state index contributed by atoms with van der Waals surface area (Å²) in [4.78, 5) is 36.5. The first-order chi connectivity index (χ1) is 18.4. The minimum Gasteiger partial charge on any atom is -0.465 e. The fourth-order valence-electron chi connectivity index (χ4n) is 3.96. The number of benzene rings is 2. The third-order valence-corrected chi connectivity index (χ3v) is 6.12. The number of carbonyl (C=O) groups excluding carboxylic acids is 2. The molecular formula is C27H30ClN7O3. The van der Waals surface area contributed by atoms with Crippen LogP contribution in [0.25, 0.3) is 0 Å². The first kappa shape index (κ1) is 26.9. The van der Waals surface area contributed by atoms with Crippen LogP contribution in [-0.2, 0) is 14.3 Å². The number of nitrogens with one attached hydrogen (secondary N) is 3. The molecule has 198 valence electrons. The maximum absolute atomic E-state index is 11.7. The van der Waals surface area contributed by atoms with Crippen LogP contribution in [0.15, 0.2) is 67.4 Å². The van der Waals surface area contributed by atoms with Crippen LogP contribution >= 0.6 is 11.6 Å². The Morgan fingerprint density at radius 1 is 1.05 bits per heavy atom. The maximum Gasteiger partial charge on any atom is 0.320 e. The molecule has 1 amide bonds. The average molecular weight is 536 g/mol. The van der Waals surface area contributed by atoms with Crippen LogP contribution < -0.4 is 20.9 Å². The van der Waals surface area contributed by atoms with Crippen LogP contribution in [0.5, 0.6) is 0 Å². The molecule has 1 aliphatic heterocycles. The van der Waals surface area contributed by atoms with Crippen molar-refractivity contribution < 1.29 is 14.3 Å². The Balaban J connectivity index is 1.35. The van der Waals surface area contributed by atoms with Crippen molar-refractivity contribution in [2.75, 3.05) is 60.2 Å². The molecule has 1 aromatic heterocycles. The smallest absolute Gasteiger partial charge is 0.320 e. The number of carbonyl (C=O) groups is 2. The Morgan fingerprint density at radius 3 is 2.50 bits per heavy atom. The molecule has 3 N–H and O–H groups in total. The van der Waals surface area contributed by atoms with Gasteiger partial charge in [0.2, 0.25) is 11.9 Å². The van der Waals surface area contributed by atoms with E-state index in [1.165, 1.54) is 12.3 Å². The summed E-state index contributed by atoms with van der Waals surface area (Å²) in [6.45, 7) is 9.29. The SMILES string of the molecule is C=CC(=O)Nc1cccc(Nc2nc(Nc3ccc(N4CCN(CC(=O)OCC)CC4)cc3)ncc2Cl)c1. The number of aromatic nitrogens is 2. The molecule has 1 fully saturated rings. The van der Waals surface area contributed by atoms with Gasteiger partial charge in [-0.3, -0.25) is 14.5 Å². The number of hydrogen-bond donors (Lipinski definition) is 3. The van der Waals surface area contributed by atoms with Crippen molar-refractivity contribution in [1.82, 2.24) is 14.9 Å². The second-order valence-corrected chi connectivity index (χ2v) is 8.94. The van der Waals surface area contributed by atoms with Gasteiger partial charge in [-0.15, -0.1) is 0 Å². The molecule has 11 heteroatoms. The molecule has 2 heterocycles. The van der Waals surface area contributed by atoms with Crippen LogP contribution in [0.1, 0.15) is 6.92 Å². The zero-order valence-corrected chi connectivity index (χ0v) is 21.9. The predicted octanol–water partition coefficient (Wildman–Crippen LogP) is 4.43. The second kappa shape index (κ2) is 12.9. The minimum atomic E-state index is -0.295. The highest BCUT2D eigenvalue weighted by atomic mass is 35.5. The Kier molecular flexibility index (Phi) is 9.12.